The van der Waals surface area contributed by atoms with E-state index in [1.165, 1.54) is 11.6 Å². The maximum Gasteiger partial charge on any atom is 0.267 e. The first kappa shape index (κ1) is 16.5. The largest absolute Gasteiger partial charge is 0.301 e. The van der Waals surface area contributed by atoms with Crippen LogP contribution in [0.15, 0.2) is 71.6 Å². The highest BCUT2D eigenvalue weighted by Gasteiger charge is 2.03. The van der Waals surface area contributed by atoms with E-state index in [0.717, 1.165) is 6.08 Å². The number of carbonyl (C=O) groups excluding carboxylic acids is 1. The summed E-state index contributed by atoms with van der Waals surface area (Å²) >= 11 is 0. The molecular formula is C17H14N2O3S. The predicted molar refractivity (Wildman–Crippen MR) is 88.9 cm³/mol. The zero-order valence-electron chi connectivity index (χ0n) is 12.0. The van der Waals surface area contributed by atoms with Crippen molar-refractivity contribution in [1.82, 2.24) is 5.48 Å². The number of amides is 1. The molecule has 1 atom stereocenters. The van der Waals surface area contributed by atoms with E-state index in [4.69, 9.17) is 5.21 Å². The fourth-order valence-electron chi connectivity index (χ4n) is 1.65. The van der Waals surface area contributed by atoms with Crippen molar-refractivity contribution in [3.8, 4) is 11.8 Å². The van der Waals surface area contributed by atoms with Crippen LogP contribution in [-0.4, -0.2) is 15.3 Å². The summed E-state index contributed by atoms with van der Waals surface area (Å²) in [7, 11) is -1.35. The zero-order valence-corrected chi connectivity index (χ0v) is 12.8. The van der Waals surface area contributed by atoms with Crippen LogP contribution < -0.4 is 10.2 Å². The Balaban J connectivity index is 2.06. The normalized spacial score (nSPS) is 11.3. The Hall–Kier alpha value is -2.88. The molecule has 1 unspecified atom stereocenters. The summed E-state index contributed by atoms with van der Waals surface area (Å²) in [6.07, 6.45) is 2.44. The van der Waals surface area contributed by atoms with Crippen molar-refractivity contribution in [3.05, 3.63) is 72.3 Å². The van der Waals surface area contributed by atoms with Gasteiger partial charge >= 0.3 is 0 Å². The smallest absolute Gasteiger partial charge is 0.267 e. The van der Waals surface area contributed by atoms with Crippen LogP contribution in [0.2, 0.25) is 0 Å². The molecule has 23 heavy (non-hydrogen) atoms. The molecule has 0 aliphatic rings. The molecular weight excluding hydrogens is 312 g/mol. The molecule has 0 spiro atoms. The van der Waals surface area contributed by atoms with Crippen LogP contribution >= 0.6 is 0 Å². The molecule has 0 aromatic heterocycles. The van der Waals surface area contributed by atoms with Crippen molar-refractivity contribution in [2.75, 3.05) is 4.72 Å². The molecule has 5 nitrogen and oxygen atoms in total. The number of rotatable bonds is 4. The molecule has 2 rings (SSSR count). The average molecular weight is 326 g/mol. The Kier molecular flexibility index (Phi) is 6.12. The lowest BCUT2D eigenvalue weighted by Crippen LogP contribution is -2.14. The van der Waals surface area contributed by atoms with Gasteiger partial charge in [-0.3, -0.25) is 10.0 Å². The van der Waals surface area contributed by atoms with Crippen LogP contribution in [-0.2, 0) is 15.8 Å². The van der Waals surface area contributed by atoms with Crippen molar-refractivity contribution in [1.29, 1.82) is 0 Å². The Bertz CT molecular complexity index is 792. The zero-order chi connectivity index (χ0) is 16.5. The van der Waals surface area contributed by atoms with Crippen LogP contribution in [0.3, 0.4) is 0 Å². The lowest BCUT2D eigenvalue weighted by molar-refractivity contribution is -0.124. The topological polar surface area (TPSA) is 78.4 Å². The fraction of sp³-hybridized carbons (Fsp3) is 0. The van der Waals surface area contributed by atoms with Crippen LogP contribution in [0, 0.1) is 11.8 Å². The van der Waals surface area contributed by atoms with Crippen LogP contribution in [0.4, 0.5) is 5.69 Å². The summed E-state index contributed by atoms with van der Waals surface area (Å²) in [4.78, 5) is 11.5. The summed E-state index contributed by atoms with van der Waals surface area (Å²) in [6, 6.07) is 16.2. The second-order valence-electron chi connectivity index (χ2n) is 4.34. The number of anilines is 1. The van der Waals surface area contributed by atoms with E-state index in [-0.39, 0.29) is 0 Å². The minimum atomic E-state index is -1.35. The number of hydrogen-bond donors (Lipinski definition) is 3. The maximum absolute atomic E-state index is 12.2. The molecule has 0 aliphatic heterocycles. The molecule has 0 bridgehead atoms. The summed E-state index contributed by atoms with van der Waals surface area (Å²) < 4.78 is 15.1. The van der Waals surface area contributed by atoms with Gasteiger partial charge in [-0.2, -0.15) is 0 Å². The molecule has 0 aliphatic carbocycles. The number of hydroxylamine groups is 1. The van der Waals surface area contributed by atoms with E-state index >= 15 is 0 Å². The van der Waals surface area contributed by atoms with Gasteiger partial charge in [-0.1, -0.05) is 36.1 Å². The van der Waals surface area contributed by atoms with Gasteiger partial charge in [0.05, 0.1) is 4.90 Å². The van der Waals surface area contributed by atoms with Crippen molar-refractivity contribution in [2.24, 2.45) is 0 Å². The minimum absolute atomic E-state index is 0.645. The van der Waals surface area contributed by atoms with Gasteiger partial charge in [0.2, 0.25) is 0 Å². The molecule has 0 saturated heterocycles. The summed E-state index contributed by atoms with van der Waals surface area (Å²) in [5.74, 6) is 4.87. The summed E-state index contributed by atoms with van der Waals surface area (Å²) in [5, 5.41) is 8.33. The second kappa shape index (κ2) is 8.54. The lowest BCUT2D eigenvalue weighted by Gasteiger charge is -2.06. The Labute approximate surface area is 136 Å². The first-order valence-electron chi connectivity index (χ1n) is 6.65. The number of allylic oxidation sites excluding steroid dienone is 1. The molecule has 0 radical (unpaired) electrons. The Morgan fingerprint density at radius 1 is 1.13 bits per heavy atom. The van der Waals surface area contributed by atoms with Crippen molar-refractivity contribution < 1.29 is 14.2 Å². The average Bonchev–Trinajstić information content (AvgIpc) is 2.59. The Morgan fingerprint density at radius 2 is 1.91 bits per heavy atom. The van der Waals surface area contributed by atoms with E-state index < -0.39 is 16.9 Å². The van der Waals surface area contributed by atoms with E-state index in [1.807, 2.05) is 18.2 Å². The molecule has 116 valence electrons. The van der Waals surface area contributed by atoms with Gasteiger partial charge in [-0.05, 0) is 36.4 Å². The van der Waals surface area contributed by atoms with E-state index in [1.54, 1.807) is 36.4 Å². The monoisotopic (exact) mass is 326 g/mol. The fourth-order valence-corrected chi connectivity index (χ4v) is 2.51. The predicted octanol–water partition coefficient (Wildman–Crippen LogP) is 2.23. The first-order chi connectivity index (χ1) is 11.2. The lowest BCUT2D eigenvalue weighted by atomic mass is 10.2. The van der Waals surface area contributed by atoms with Gasteiger partial charge in [0.15, 0.2) is 0 Å². The molecule has 0 saturated carbocycles. The molecule has 6 heteroatoms. The SMILES string of the molecule is O=C(/C=C/C#Cc1cccc(NS(=O)c2ccccc2)c1)NO. The second-order valence-corrected chi connectivity index (χ2v) is 5.56. The molecule has 0 heterocycles. The number of benzene rings is 2. The highest BCUT2D eigenvalue weighted by molar-refractivity contribution is 7.86. The van der Waals surface area contributed by atoms with Crippen molar-refractivity contribution in [3.63, 3.8) is 0 Å². The standard InChI is InChI=1S/C17H14N2O3S/c20-17(18-21)12-5-4-7-14-8-6-9-15(13-14)19-23(22)16-10-2-1-3-11-16/h1-3,5-6,8-13,19,21H,(H,18,20)/b12-5+. The maximum atomic E-state index is 12.2. The number of carbonyl (C=O) groups is 1. The van der Waals surface area contributed by atoms with E-state index in [9.17, 15) is 9.00 Å². The Morgan fingerprint density at radius 3 is 2.65 bits per heavy atom. The molecule has 2 aromatic carbocycles. The number of hydrogen-bond acceptors (Lipinski definition) is 3. The molecule has 3 N–H and O–H groups in total. The van der Waals surface area contributed by atoms with Gasteiger partial charge < -0.3 is 4.72 Å². The van der Waals surface area contributed by atoms with Crippen LogP contribution in [0.1, 0.15) is 5.56 Å². The highest BCUT2D eigenvalue weighted by atomic mass is 32.2. The van der Waals surface area contributed by atoms with Gasteiger partial charge in [0.1, 0.15) is 11.0 Å². The van der Waals surface area contributed by atoms with Crippen LogP contribution in [0.5, 0.6) is 0 Å². The van der Waals surface area contributed by atoms with Gasteiger partial charge in [0, 0.05) is 17.3 Å². The molecule has 1 amide bonds. The number of nitrogens with one attached hydrogen (secondary N) is 2. The van der Waals surface area contributed by atoms with E-state index in [2.05, 4.69) is 16.6 Å². The molecule has 2 aromatic rings. The van der Waals surface area contributed by atoms with Gasteiger partial charge in [0.25, 0.3) is 5.91 Å². The van der Waals surface area contributed by atoms with Gasteiger partial charge in [-0.15, -0.1) is 0 Å². The third kappa shape index (κ3) is 5.43. The van der Waals surface area contributed by atoms with Crippen molar-refractivity contribution in [2.45, 2.75) is 4.90 Å². The quantitative estimate of drug-likeness (QED) is 0.349. The highest BCUT2D eigenvalue weighted by Crippen LogP contribution is 2.14. The summed E-state index contributed by atoms with van der Waals surface area (Å²) in [5.41, 5.74) is 2.85. The third-order valence-corrected chi connectivity index (χ3v) is 3.80. The minimum Gasteiger partial charge on any atom is -0.301 e. The third-order valence-electron chi connectivity index (χ3n) is 2.68. The van der Waals surface area contributed by atoms with Crippen LogP contribution in [0.25, 0.3) is 0 Å². The summed E-state index contributed by atoms with van der Waals surface area (Å²) in [6.45, 7) is 0. The first-order valence-corrected chi connectivity index (χ1v) is 7.80. The molecule has 0 fully saturated rings. The van der Waals surface area contributed by atoms with Gasteiger partial charge in [-0.25, -0.2) is 9.69 Å². The van der Waals surface area contributed by atoms with Crippen molar-refractivity contribution >= 4 is 22.6 Å². The van der Waals surface area contributed by atoms with E-state index in [0.29, 0.717) is 16.1 Å².